The van der Waals surface area contributed by atoms with E-state index in [0.29, 0.717) is 0 Å². The van der Waals surface area contributed by atoms with Crippen LogP contribution in [0, 0.1) is 0 Å². The Morgan fingerprint density at radius 2 is 2.17 bits per heavy atom. The van der Waals surface area contributed by atoms with Crippen molar-refractivity contribution in [1.82, 2.24) is 20.2 Å². The predicted molar refractivity (Wildman–Crippen MR) is 73.7 cm³/mol. The van der Waals surface area contributed by atoms with Crippen LogP contribution in [0.1, 0.15) is 11.4 Å². The van der Waals surface area contributed by atoms with E-state index in [4.69, 9.17) is 5.84 Å². The third kappa shape index (κ3) is 3.16. The van der Waals surface area contributed by atoms with Gasteiger partial charge in [-0.3, -0.25) is 16.0 Å². The summed E-state index contributed by atoms with van der Waals surface area (Å²) in [5.74, 6) is 6.54. The van der Waals surface area contributed by atoms with Crippen molar-refractivity contribution >= 4 is 15.9 Å². The maximum Gasteiger partial charge on any atom is 0.138 e. The lowest BCUT2D eigenvalue weighted by Gasteiger charge is -2.16. The molecule has 0 saturated heterocycles. The number of hydrogen-bond acceptors (Lipinski definition) is 4. The zero-order valence-electron chi connectivity index (χ0n) is 10.2. The van der Waals surface area contributed by atoms with Gasteiger partial charge < -0.3 is 0 Å². The Balaban J connectivity index is 2.06. The minimum absolute atomic E-state index is 0.131. The summed E-state index contributed by atoms with van der Waals surface area (Å²) in [6.45, 7) is 0. The number of hydrazine groups is 1. The normalized spacial score (nSPS) is 12.6. The fourth-order valence-corrected chi connectivity index (χ4v) is 2.29. The number of aryl methyl sites for hydroxylation is 1. The Hall–Kier alpha value is -1.24. The first kappa shape index (κ1) is 13.2. The van der Waals surface area contributed by atoms with E-state index in [1.165, 1.54) is 5.56 Å². The molecule has 0 amide bonds. The van der Waals surface area contributed by atoms with Crippen molar-refractivity contribution < 1.29 is 0 Å². The lowest BCUT2D eigenvalue weighted by atomic mass is 10.0. The highest BCUT2D eigenvalue weighted by atomic mass is 79.9. The SMILES string of the molecule is Cn1ncnc1CC(Cc1ccccc1Br)NN. The summed E-state index contributed by atoms with van der Waals surface area (Å²) in [4.78, 5) is 4.21. The molecular formula is C12H16BrN5. The first-order chi connectivity index (χ1) is 8.70. The van der Waals surface area contributed by atoms with Gasteiger partial charge in [0.2, 0.25) is 0 Å². The number of hydrogen-bond donors (Lipinski definition) is 2. The molecule has 3 N–H and O–H groups in total. The molecule has 5 nitrogen and oxygen atoms in total. The fraction of sp³-hybridized carbons (Fsp3) is 0.333. The molecule has 6 heteroatoms. The van der Waals surface area contributed by atoms with E-state index in [1.807, 2.05) is 25.2 Å². The number of halogens is 1. The minimum atomic E-state index is 0.131. The monoisotopic (exact) mass is 309 g/mol. The molecule has 0 radical (unpaired) electrons. The van der Waals surface area contributed by atoms with Crippen LogP contribution in [0.15, 0.2) is 35.1 Å². The summed E-state index contributed by atoms with van der Waals surface area (Å²) in [6.07, 6.45) is 3.14. The largest absolute Gasteiger partial charge is 0.271 e. The average Bonchev–Trinajstić information content (AvgIpc) is 2.77. The molecule has 1 atom stereocenters. The summed E-state index contributed by atoms with van der Waals surface area (Å²) in [5, 5.41) is 4.06. The van der Waals surface area contributed by atoms with Gasteiger partial charge in [0.25, 0.3) is 0 Å². The second kappa shape index (κ2) is 6.08. The van der Waals surface area contributed by atoms with Crippen LogP contribution in [0.5, 0.6) is 0 Å². The summed E-state index contributed by atoms with van der Waals surface area (Å²) >= 11 is 3.54. The van der Waals surface area contributed by atoms with E-state index in [-0.39, 0.29) is 6.04 Å². The van der Waals surface area contributed by atoms with E-state index >= 15 is 0 Å². The van der Waals surface area contributed by atoms with E-state index in [0.717, 1.165) is 23.1 Å². The fourth-order valence-electron chi connectivity index (χ4n) is 1.84. The van der Waals surface area contributed by atoms with Crippen LogP contribution >= 0.6 is 15.9 Å². The average molecular weight is 310 g/mol. The van der Waals surface area contributed by atoms with Crippen molar-refractivity contribution in [2.24, 2.45) is 12.9 Å². The molecule has 0 aliphatic heterocycles. The van der Waals surface area contributed by atoms with Crippen molar-refractivity contribution in [3.05, 3.63) is 46.5 Å². The molecule has 2 aromatic rings. The number of nitrogens with one attached hydrogen (secondary N) is 1. The van der Waals surface area contributed by atoms with Crippen LogP contribution in [0.25, 0.3) is 0 Å². The van der Waals surface area contributed by atoms with Crippen molar-refractivity contribution in [3.63, 3.8) is 0 Å². The Morgan fingerprint density at radius 1 is 1.39 bits per heavy atom. The molecule has 2 rings (SSSR count). The summed E-state index contributed by atoms with van der Waals surface area (Å²) in [7, 11) is 1.88. The molecule has 96 valence electrons. The van der Waals surface area contributed by atoms with E-state index in [2.05, 4.69) is 37.5 Å². The molecule has 0 spiro atoms. The third-order valence-electron chi connectivity index (χ3n) is 2.89. The highest BCUT2D eigenvalue weighted by Crippen LogP contribution is 2.18. The van der Waals surface area contributed by atoms with E-state index in [9.17, 15) is 0 Å². The molecule has 1 heterocycles. The second-order valence-electron chi connectivity index (χ2n) is 4.16. The zero-order chi connectivity index (χ0) is 13.0. The molecule has 1 aromatic carbocycles. The van der Waals surface area contributed by atoms with Gasteiger partial charge in [-0.1, -0.05) is 34.1 Å². The third-order valence-corrected chi connectivity index (χ3v) is 3.67. The number of nitrogens with zero attached hydrogens (tertiary/aromatic N) is 3. The van der Waals surface area contributed by atoms with Gasteiger partial charge >= 0.3 is 0 Å². The molecule has 0 aliphatic rings. The number of rotatable bonds is 5. The Morgan fingerprint density at radius 3 is 2.78 bits per heavy atom. The molecule has 0 saturated carbocycles. The van der Waals surface area contributed by atoms with Crippen LogP contribution in [0.3, 0.4) is 0 Å². The Kier molecular flexibility index (Phi) is 4.46. The van der Waals surface area contributed by atoms with Gasteiger partial charge in [0.15, 0.2) is 0 Å². The van der Waals surface area contributed by atoms with Gasteiger partial charge in [-0.25, -0.2) is 4.98 Å². The number of aromatic nitrogens is 3. The maximum absolute atomic E-state index is 5.61. The van der Waals surface area contributed by atoms with E-state index < -0.39 is 0 Å². The molecular weight excluding hydrogens is 294 g/mol. The standard InChI is InChI=1S/C12H16BrN5/c1-18-12(15-8-16-18)7-10(17-14)6-9-4-2-3-5-11(9)13/h2-5,8,10,17H,6-7,14H2,1H3. The molecule has 0 bridgehead atoms. The van der Waals surface area contributed by atoms with Crippen LogP contribution < -0.4 is 11.3 Å². The van der Waals surface area contributed by atoms with Crippen LogP contribution in [0.4, 0.5) is 0 Å². The van der Waals surface area contributed by atoms with Crippen molar-refractivity contribution in [1.29, 1.82) is 0 Å². The van der Waals surface area contributed by atoms with Crippen LogP contribution in [0.2, 0.25) is 0 Å². The first-order valence-corrected chi connectivity index (χ1v) is 6.52. The highest BCUT2D eigenvalue weighted by Gasteiger charge is 2.13. The molecule has 0 fully saturated rings. The molecule has 18 heavy (non-hydrogen) atoms. The minimum Gasteiger partial charge on any atom is -0.271 e. The van der Waals surface area contributed by atoms with Crippen molar-refractivity contribution in [2.45, 2.75) is 18.9 Å². The van der Waals surface area contributed by atoms with Gasteiger partial charge in [-0.05, 0) is 18.1 Å². The lowest BCUT2D eigenvalue weighted by Crippen LogP contribution is -2.39. The van der Waals surface area contributed by atoms with Crippen LogP contribution in [-0.4, -0.2) is 20.8 Å². The number of nitrogens with two attached hydrogens (primary N) is 1. The Bertz CT molecular complexity index is 511. The summed E-state index contributed by atoms with van der Waals surface area (Å²) < 4.78 is 2.87. The quantitative estimate of drug-likeness (QED) is 0.643. The lowest BCUT2D eigenvalue weighted by molar-refractivity contribution is 0.499. The van der Waals surface area contributed by atoms with Gasteiger partial charge in [0.1, 0.15) is 12.2 Å². The zero-order valence-corrected chi connectivity index (χ0v) is 11.8. The summed E-state index contributed by atoms with van der Waals surface area (Å²) in [5.41, 5.74) is 4.07. The van der Waals surface area contributed by atoms with Gasteiger partial charge in [0.05, 0.1) is 0 Å². The topological polar surface area (TPSA) is 68.8 Å². The Labute approximate surface area is 115 Å². The van der Waals surface area contributed by atoms with Gasteiger partial charge in [-0.2, -0.15) is 5.10 Å². The van der Waals surface area contributed by atoms with Crippen molar-refractivity contribution in [3.8, 4) is 0 Å². The van der Waals surface area contributed by atoms with Crippen molar-refractivity contribution in [2.75, 3.05) is 0 Å². The second-order valence-corrected chi connectivity index (χ2v) is 5.02. The maximum atomic E-state index is 5.61. The summed E-state index contributed by atoms with van der Waals surface area (Å²) in [6, 6.07) is 8.28. The van der Waals surface area contributed by atoms with Crippen LogP contribution in [-0.2, 0) is 19.9 Å². The smallest absolute Gasteiger partial charge is 0.138 e. The predicted octanol–water partition coefficient (Wildman–Crippen LogP) is 1.19. The number of benzene rings is 1. The molecule has 1 unspecified atom stereocenters. The van der Waals surface area contributed by atoms with E-state index in [1.54, 1.807) is 11.0 Å². The highest BCUT2D eigenvalue weighted by molar-refractivity contribution is 9.10. The van der Waals surface area contributed by atoms with Gasteiger partial charge in [0, 0.05) is 24.0 Å². The first-order valence-electron chi connectivity index (χ1n) is 5.73. The molecule has 0 aliphatic carbocycles. The van der Waals surface area contributed by atoms with Gasteiger partial charge in [-0.15, -0.1) is 0 Å². The molecule has 1 aromatic heterocycles.